The third-order valence-electron chi connectivity index (χ3n) is 5.57. The van der Waals surface area contributed by atoms with E-state index in [0.717, 1.165) is 16.5 Å². The molecule has 2 bridgehead atoms. The van der Waals surface area contributed by atoms with Crippen molar-refractivity contribution in [2.75, 3.05) is 0 Å². The molecule has 1 N–H and O–H groups in total. The second kappa shape index (κ2) is 6.46. The summed E-state index contributed by atoms with van der Waals surface area (Å²) < 4.78 is 14.6. The Kier molecular flexibility index (Phi) is 4.32. The zero-order valence-corrected chi connectivity index (χ0v) is 15.3. The van der Waals surface area contributed by atoms with E-state index in [4.69, 9.17) is 12.2 Å². The van der Waals surface area contributed by atoms with Gasteiger partial charge in [-0.3, -0.25) is 0 Å². The second-order valence-electron chi connectivity index (χ2n) is 7.01. The molecular weight excluding hydrogens is 333 g/mol. The van der Waals surface area contributed by atoms with Gasteiger partial charge in [0, 0.05) is 16.7 Å². The number of rotatable bonds is 4. The molecule has 0 saturated heterocycles. The normalized spacial score (nSPS) is 25.6. The first kappa shape index (κ1) is 16.1. The van der Waals surface area contributed by atoms with Gasteiger partial charge in [-0.05, 0) is 31.1 Å². The number of benzene rings is 2. The van der Waals surface area contributed by atoms with E-state index >= 15 is 0 Å². The predicted molar refractivity (Wildman–Crippen MR) is 105 cm³/mol. The Morgan fingerprint density at radius 1 is 0.917 bits per heavy atom. The highest BCUT2D eigenvalue weighted by Gasteiger charge is 2.42. The van der Waals surface area contributed by atoms with Gasteiger partial charge in [-0.2, -0.15) is 0 Å². The smallest absolute Gasteiger partial charge is 0.196 e. The molecule has 2 aromatic carbocycles. The van der Waals surface area contributed by atoms with Crippen molar-refractivity contribution in [3.63, 3.8) is 0 Å². The summed E-state index contributed by atoms with van der Waals surface area (Å²) in [5, 5.41) is 5.15. The fourth-order valence-electron chi connectivity index (χ4n) is 4.33. The van der Waals surface area contributed by atoms with Gasteiger partial charge in [0.1, 0.15) is 4.73 Å². The van der Waals surface area contributed by atoms with E-state index in [-0.39, 0.29) is 0 Å². The SMILES string of the molecule is O=P(C(=S)NC1CC2CCC1C2)(c1ccccc1)c1ccccc1. The minimum absolute atomic E-state index is 0.400. The van der Waals surface area contributed by atoms with Crippen LogP contribution in [-0.4, -0.2) is 10.8 Å². The van der Waals surface area contributed by atoms with Crippen molar-refractivity contribution in [2.45, 2.75) is 31.7 Å². The summed E-state index contributed by atoms with van der Waals surface area (Å²) in [6, 6.07) is 19.8. The lowest BCUT2D eigenvalue weighted by Crippen LogP contribution is -2.40. The van der Waals surface area contributed by atoms with Crippen molar-refractivity contribution in [3.05, 3.63) is 60.7 Å². The molecule has 2 saturated carbocycles. The van der Waals surface area contributed by atoms with Gasteiger partial charge in [0.25, 0.3) is 0 Å². The van der Waals surface area contributed by atoms with E-state index in [1.165, 1.54) is 25.7 Å². The predicted octanol–water partition coefficient (Wildman–Crippen LogP) is 4.06. The van der Waals surface area contributed by atoms with Crippen LogP contribution < -0.4 is 15.9 Å². The van der Waals surface area contributed by atoms with Gasteiger partial charge in [0.15, 0.2) is 7.14 Å². The molecule has 2 aromatic rings. The third kappa shape index (κ3) is 2.74. The van der Waals surface area contributed by atoms with Gasteiger partial charge in [0.05, 0.1) is 0 Å². The molecule has 2 aliphatic rings. The monoisotopic (exact) mass is 355 g/mol. The molecule has 124 valence electrons. The quantitative estimate of drug-likeness (QED) is 0.662. The molecule has 4 heteroatoms. The molecule has 3 atom stereocenters. The molecular formula is C20H22NOPS. The Labute approximate surface area is 149 Å². The Balaban J connectivity index is 1.68. The lowest BCUT2D eigenvalue weighted by Gasteiger charge is -2.28. The summed E-state index contributed by atoms with van der Waals surface area (Å²) in [5.74, 6) is 1.54. The minimum Gasteiger partial charge on any atom is -0.370 e. The molecule has 4 rings (SSSR count). The highest BCUT2D eigenvalue weighted by Crippen LogP contribution is 2.48. The molecule has 0 amide bonds. The van der Waals surface area contributed by atoms with Gasteiger partial charge >= 0.3 is 0 Å². The first-order valence-corrected chi connectivity index (χ1v) is 10.8. The maximum absolute atomic E-state index is 14.1. The fourth-order valence-corrected chi connectivity index (χ4v) is 7.41. The van der Waals surface area contributed by atoms with Crippen molar-refractivity contribution in [1.29, 1.82) is 0 Å². The Morgan fingerprint density at radius 2 is 1.50 bits per heavy atom. The van der Waals surface area contributed by atoms with Crippen LogP contribution in [-0.2, 0) is 4.57 Å². The first-order valence-electron chi connectivity index (χ1n) is 8.70. The van der Waals surface area contributed by atoms with Crippen molar-refractivity contribution >= 4 is 34.7 Å². The summed E-state index contributed by atoms with van der Waals surface area (Å²) in [4.78, 5) is 0. The van der Waals surface area contributed by atoms with Crippen molar-refractivity contribution in [2.24, 2.45) is 11.8 Å². The Morgan fingerprint density at radius 3 is 1.96 bits per heavy atom. The van der Waals surface area contributed by atoms with Crippen LogP contribution in [0.4, 0.5) is 0 Å². The third-order valence-corrected chi connectivity index (χ3v) is 9.21. The van der Waals surface area contributed by atoms with E-state index in [0.29, 0.717) is 16.7 Å². The van der Waals surface area contributed by atoms with Gasteiger partial charge in [-0.15, -0.1) is 0 Å². The molecule has 0 heterocycles. The summed E-state index contributed by atoms with van der Waals surface area (Å²) in [7, 11) is -2.97. The van der Waals surface area contributed by atoms with Crippen molar-refractivity contribution in [1.82, 2.24) is 5.32 Å². The van der Waals surface area contributed by atoms with Gasteiger partial charge < -0.3 is 9.88 Å². The molecule has 3 unspecified atom stereocenters. The molecule has 0 radical (unpaired) electrons. The number of hydrogen-bond donors (Lipinski definition) is 1. The van der Waals surface area contributed by atoms with E-state index in [9.17, 15) is 4.57 Å². The van der Waals surface area contributed by atoms with Crippen LogP contribution in [0.15, 0.2) is 60.7 Å². The lowest BCUT2D eigenvalue weighted by molar-refractivity contribution is 0.393. The van der Waals surface area contributed by atoms with Gasteiger partial charge in [0.2, 0.25) is 0 Å². The standard InChI is InChI=1S/C20H22NOPS/c22-23(17-7-3-1-4-8-17,18-9-5-2-6-10-18)20(24)21-19-14-15-11-12-16(19)13-15/h1-10,15-16,19H,11-14H2,(H,21,24). The van der Waals surface area contributed by atoms with Crippen LogP contribution >= 0.6 is 19.4 Å². The topological polar surface area (TPSA) is 29.1 Å². The average Bonchev–Trinajstić information content (AvgIpc) is 3.25. The van der Waals surface area contributed by atoms with E-state index < -0.39 is 7.14 Å². The van der Waals surface area contributed by atoms with E-state index in [2.05, 4.69) is 5.32 Å². The highest BCUT2D eigenvalue weighted by atomic mass is 32.1. The number of nitrogens with one attached hydrogen (secondary N) is 1. The van der Waals surface area contributed by atoms with Crippen LogP contribution in [0.1, 0.15) is 25.7 Å². The zero-order chi connectivity index (χ0) is 16.6. The summed E-state index contributed by atoms with van der Waals surface area (Å²) in [6.45, 7) is 0. The maximum atomic E-state index is 14.1. The van der Waals surface area contributed by atoms with Gasteiger partial charge in [-0.25, -0.2) is 0 Å². The molecule has 0 spiro atoms. The van der Waals surface area contributed by atoms with Crippen LogP contribution in [0.2, 0.25) is 0 Å². The zero-order valence-electron chi connectivity index (χ0n) is 13.6. The van der Waals surface area contributed by atoms with Crippen LogP contribution in [0.25, 0.3) is 0 Å². The minimum atomic E-state index is -2.97. The summed E-state index contributed by atoms with van der Waals surface area (Å²) in [6.07, 6.45) is 5.12. The second-order valence-corrected chi connectivity index (χ2v) is 10.4. The Hall–Kier alpha value is -1.44. The largest absolute Gasteiger partial charge is 0.370 e. The molecule has 2 fully saturated rings. The molecule has 24 heavy (non-hydrogen) atoms. The Bertz CT molecular complexity index is 733. The number of fused-ring (bicyclic) bond motifs is 2. The molecule has 2 nitrogen and oxygen atoms in total. The lowest BCUT2D eigenvalue weighted by atomic mass is 9.96. The van der Waals surface area contributed by atoms with E-state index in [1.54, 1.807) is 0 Å². The van der Waals surface area contributed by atoms with Gasteiger partial charge in [-0.1, -0.05) is 79.3 Å². The number of hydrogen-bond acceptors (Lipinski definition) is 2. The molecule has 0 aliphatic heterocycles. The summed E-state index contributed by atoms with van der Waals surface area (Å²) in [5.41, 5.74) is 0. The first-order chi connectivity index (χ1) is 11.7. The van der Waals surface area contributed by atoms with Crippen molar-refractivity contribution in [3.8, 4) is 0 Å². The van der Waals surface area contributed by atoms with E-state index in [1.807, 2.05) is 60.7 Å². The van der Waals surface area contributed by atoms with Crippen LogP contribution in [0.3, 0.4) is 0 Å². The highest BCUT2D eigenvalue weighted by molar-refractivity contribution is 8.07. The summed E-state index contributed by atoms with van der Waals surface area (Å²) >= 11 is 5.73. The molecule has 0 aromatic heterocycles. The number of thiocarbonyl (C=S) groups is 1. The fraction of sp³-hybridized carbons (Fsp3) is 0.350. The van der Waals surface area contributed by atoms with Crippen LogP contribution in [0, 0.1) is 11.8 Å². The van der Waals surface area contributed by atoms with Crippen LogP contribution in [0.5, 0.6) is 0 Å². The van der Waals surface area contributed by atoms with Crippen molar-refractivity contribution < 1.29 is 4.57 Å². The molecule has 2 aliphatic carbocycles. The maximum Gasteiger partial charge on any atom is 0.196 e. The average molecular weight is 355 g/mol.